The van der Waals surface area contributed by atoms with Gasteiger partial charge in [0.25, 0.3) is 11.6 Å². The van der Waals surface area contributed by atoms with Gasteiger partial charge in [0.05, 0.1) is 4.92 Å². The number of amides is 1. The Labute approximate surface area is 120 Å². The number of nitrogens with two attached hydrogens (primary N) is 1. The van der Waals surface area contributed by atoms with Crippen LogP contribution in [0.25, 0.3) is 0 Å². The summed E-state index contributed by atoms with van der Waals surface area (Å²) >= 11 is 0. The van der Waals surface area contributed by atoms with Gasteiger partial charge in [0.15, 0.2) is 0 Å². The van der Waals surface area contributed by atoms with E-state index in [1.165, 1.54) is 25.2 Å². The zero-order valence-corrected chi connectivity index (χ0v) is 11.3. The number of nitrogen functional groups attached to an aromatic ring is 1. The Kier molecular flexibility index (Phi) is 4.03. The summed E-state index contributed by atoms with van der Waals surface area (Å²) in [6.45, 7) is 0. The minimum absolute atomic E-state index is 0.112. The third-order valence-electron chi connectivity index (χ3n) is 2.87. The predicted octanol–water partition coefficient (Wildman–Crippen LogP) is 2.28. The monoisotopic (exact) mass is 286 g/mol. The van der Waals surface area contributed by atoms with E-state index in [0.29, 0.717) is 16.9 Å². The van der Waals surface area contributed by atoms with Crippen molar-refractivity contribution < 1.29 is 9.72 Å². The number of anilines is 3. The van der Waals surface area contributed by atoms with E-state index in [9.17, 15) is 14.9 Å². The van der Waals surface area contributed by atoms with Gasteiger partial charge in [0.1, 0.15) is 5.69 Å². The summed E-state index contributed by atoms with van der Waals surface area (Å²) in [7, 11) is 1.50. The molecule has 0 saturated heterocycles. The van der Waals surface area contributed by atoms with E-state index in [1.807, 2.05) is 0 Å². The zero-order valence-electron chi connectivity index (χ0n) is 11.3. The molecule has 0 spiro atoms. The van der Waals surface area contributed by atoms with Gasteiger partial charge in [-0.2, -0.15) is 0 Å². The van der Waals surface area contributed by atoms with Gasteiger partial charge in [-0.05, 0) is 36.4 Å². The number of carbonyl (C=O) groups is 1. The molecule has 0 aliphatic carbocycles. The predicted molar refractivity (Wildman–Crippen MR) is 80.6 cm³/mol. The number of nitro benzene ring substituents is 1. The molecule has 0 aromatic heterocycles. The molecule has 0 radical (unpaired) electrons. The maximum Gasteiger partial charge on any atom is 0.292 e. The molecule has 21 heavy (non-hydrogen) atoms. The molecule has 2 aromatic rings. The van der Waals surface area contributed by atoms with Gasteiger partial charge in [0, 0.05) is 30.1 Å². The first-order chi connectivity index (χ1) is 10.0. The van der Waals surface area contributed by atoms with Crippen molar-refractivity contribution in [2.45, 2.75) is 0 Å². The summed E-state index contributed by atoms with van der Waals surface area (Å²) < 4.78 is 0. The van der Waals surface area contributed by atoms with Gasteiger partial charge in [-0.3, -0.25) is 14.9 Å². The number of hydrogen-bond acceptors (Lipinski definition) is 5. The van der Waals surface area contributed by atoms with Gasteiger partial charge >= 0.3 is 0 Å². The average Bonchev–Trinajstić information content (AvgIpc) is 2.48. The summed E-state index contributed by atoms with van der Waals surface area (Å²) in [5.74, 6) is -0.315. The molecule has 7 heteroatoms. The van der Waals surface area contributed by atoms with Crippen LogP contribution in [0.3, 0.4) is 0 Å². The van der Waals surface area contributed by atoms with E-state index >= 15 is 0 Å². The lowest BCUT2D eigenvalue weighted by Crippen LogP contribution is -2.17. The van der Waals surface area contributed by atoms with Gasteiger partial charge in [0.2, 0.25) is 0 Å². The van der Waals surface area contributed by atoms with Crippen LogP contribution in [0, 0.1) is 10.1 Å². The highest BCUT2D eigenvalue weighted by molar-refractivity contribution is 5.96. The number of hydrogen-bond donors (Lipinski definition) is 3. The van der Waals surface area contributed by atoms with Gasteiger partial charge in [-0.15, -0.1) is 0 Å². The second kappa shape index (κ2) is 5.91. The molecule has 7 nitrogen and oxygen atoms in total. The van der Waals surface area contributed by atoms with Crippen molar-refractivity contribution in [1.29, 1.82) is 0 Å². The van der Waals surface area contributed by atoms with Crippen LogP contribution in [-0.2, 0) is 0 Å². The molecule has 0 aliphatic rings. The highest BCUT2D eigenvalue weighted by Crippen LogP contribution is 2.29. The summed E-state index contributed by atoms with van der Waals surface area (Å²) in [6, 6.07) is 10.9. The van der Waals surface area contributed by atoms with E-state index in [4.69, 9.17) is 5.73 Å². The zero-order chi connectivity index (χ0) is 15.4. The number of nitrogens with zero attached hydrogens (tertiary/aromatic N) is 1. The van der Waals surface area contributed by atoms with E-state index in [-0.39, 0.29) is 17.3 Å². The van der Waals surface area contributed by atoms with Crippen LogP contribution >= 0.6 is 0 Å². The molecular weight excluding hydrogens is 272 g/mol. The van der Waals surface area contributed by atoms with Gasteiger partial charge < -0.3 is 16.4 Å². The first-order valence-corrected chi connectivity index (χ1v) is 6.14. The normalized spacial score (nSPS) is 9.95. The van der Waals surface area contributed by atoms with Crippen molar-refractivity contribution >= 4 is 28.7 Å². The molecule has 0 unspecified atom stereocenters. The van der Waals surface area contributed by atoms with Crippen LogP contribution in [0.15, 0.2) is 42.5 Å². The van der Waals surface area contributed by atoms with Crippen molar-refractivity contribution in [3.05, 3.63) is 58.1 Å². The standard InChI is InChI=1S/C14H14N4O3/c1-16-14(19)9-2-7-13(18(20)21)12(8-9)17-11-5-3-10(15)4-6-11/h2-8,17H,15H2,1H3,(H,16,19). The van der Waals surface area contributed by atoms with E-state index < -0.39 is 4.92 Å². The third kappa shape index (κ3) is 3.27. The van der Waals surface area contributed by atoms with Crippen LogP contribution in [0.1, 0.15) is 10.4 Å². The van der Waals surface area contributed by atoms with Crippen LogP contribution in [-0.4, -0.2) is 17.9 Å². The fraction of sp³-hybridized carbons (Fsp3) is 0.0714. The lowest BCUT2D eigenvalue weighted by atomic mass is 10.1. The molecule has 0 aliphatic heterocycles. The summed E-state index contributed by atoms with van der Waals surface area (Å²) in [4.78, 5) is 22.2. The Morgan fingerprint density at radius 2 is 1.86 bits per heavy atom. The second-order valence-electron chi connectivity index (χ2n) is 4.32. The number of carbonyl (C=O) groups excluding carboxylic acids is 1. The fourth-order valence-electron chi connectivity index (χ4n) is 1.80. The van der Waals surface area contributed by atoms with Crippen molar-refractivity contribution in [3.8, 4) is 0 Å². The molecule has 2 aromatic carbocycles. The van der Waals surface area contributed by atoms with E-state index in [1.54, 1.807) is 24.3 Å². The molecular formula is C14H14N4O3. The van der Waals surface area contributed by atoms with E-state index in [2.05, 4.69) is 10.6 Å². The fourth-order valence-corrected chi connectivity index (χ4v) is 1.80. The SMILES string of the molecule is CNC(=O)c1ccc([N+](=O)[O-])c(Nc2ccc(N)cc2)c1. The molecule has 4 N–H and O–H groups in total. The minimum atomic E-state index is -0.507. The van der Waals surface area contributed by atoms with Crippen molar-refractivity contribution in [1.82, 2.24) is 5.32 Å². The number of nitrogens with one attached hydrogen (secondary N) is 2. The second-order valence-corrected chi connectivity index (χ2v) is 4.32. The highest BCUT2D eigenvalue weighted by Gasteiger charge is 2.16. The van der Waals surface area contributed by atoms with E-state index in [0.717, 1.165) is 0 Å². The molecule has 0 bridgehead atoms. The number of rotatable bonds is 4. The van der Waals surface area contributed by atoms with Gasteiger partial charge in [-0.25, -0.2) is 0 Å². The largest absolute Gasteiger partial charge is 0.399 e. The Hall–Kier alpha value is -3.09. The van der Waals surface area contributed by atoms with Crippen LogP contribution < -0.4 is 16.4 Å². The highest BCUT2D eigenvalue weighted by atomic mass is 16.6. The smallest absolute Gasteiger partial charge is 0.292 e. The maximum atomic E-state index is 11.6. The Morgan fingerprint density at radius 1 is 1.19 bits per heavy atom. The average molecular weight is 286 g/mol. The molecule has 0 atom stereocenters. The lowest BCUT2D eigenvalue weighted by Gasteiger charge is -2.09. The first kappa shape index (κ1) is 14.3. The topological polar surface area (TPSA) is 110 Å². The Balaban J connectivity index is 2.40. The molecule has 2 rings (SSSR count). The molecule has 0 saturated carbocycles. The lowest BCUT2D eigenvalue weighted by molar-refractivity contribution is -0.383. The summed E-state index contributed by atoms with van der Waals surface area (Å²) in [5, 5.41) is 16.5. The number of benzene rings is 2. The quantitative estimate of drug-likeness (QED) is 0.453. The first-order valence-electron chi connectivity index (χ1n) is 6.14. The maximum absolute atomic E-state index is 11.6. The van der Waals surface area contributed by atoms with Crippen LogP contribution in [0.4, 0.5) is 22.7 Å². The van der Waals surface area contributed by atoms with Crippen molar-refractivity contribution in [2.24, 2.45) is 0 Å². The molecule has 0 fully saturated rings. The van der Waals surface area contributed by atoms with Gasteiger partial charge in [-0.1, -0.05) is 0 Å². The Bertz CT molecular complexity index is 683. The summed E-state index contributed by atoms with van der Waals surface area (Å²) in [5.41, 5.74) is 7.29. The van der Waals surface area contributed by atoms with Crippen LogP contribution in [0.5, 0.6) is 0 Å². The number of nitro groups is 1. The molecule has 0 heterocycles. The molecule has 108 valence electrons. The van der Waals surface area contributed by atoms with Crippen molar-refractivity contribution in [3.63, 3.8) is 0 Å². The minimum Gasteiger partial charge on any atom is -0.399 e. The van der Waals surface area contributed by atoms with Crippen molar-refractivity contribution in [2.75, 3.05) is 18.1 Å². The van der Waals surface area contributed by atoms with Crippen LogP contribution in [0.2, 0.25) is 0 Å². The molecule has 1 amide bonds. The summed E-state index contributed by atoms with van der Waals surface area (Å²) in [6.07, 6.45) is 0. The third-order valence-corrected chi connectivity index (χ3v) is 2.87. The Morgan fingerprint density at radius 3 is 2.43 bits per heavy atom.